The summed E-state index contributed by atoms with van der Waals surface area (Å²) in [5, 5.41) is 87.8. The van der Waals surface area contributed by atoms with Crippen molar-refractivity contribution in [2.45, 2.75) is 161 Å². The number of fused-ring (bicyclic) bond motifs is 5. The molecule has 0 aromatic carbocycles. The molecule has 1 aliphatic heterocycles. The molecule has 0 aromatic rings. The zero-order valence-corrected chi connectivity index (χ0v) is 29.0. The fraction of sp³-hybridized carbons (Fsp3) is 0.944. The van der Waals surface area contributed by atoms with Crippen molar-refractivity contribution >= 4 is 0 Å². The van der Waals surface area contributed by atoms with E-state index in [2.05, 4.69) is 41.2 Å². The fourth-order valence-corrected chi connectivity index (χ4v) is 12.0. The van der Waals surface area contributed by atoms with E-state index in [4.69, 9.17) is 9.47 Å². The average Bonchev–Trinajstić information content (AvgIpc) is 3.35. The lowest BCUT2D eigenvalue weighted by Crippen LogP contribution is -2.70. The molecule has 5 rings (SSSR count). The van der Waals surface area contributed by atoms with Gasteiger partial charge in [0.05, 0.1) is 36.6 Å². The van der Waals surface area contributed by atoms with Crippen molar-refractivity contribution in [2.24, 2.45) is 45.3 Å². The van der Waals surface area contributed by atoms with Crippen LogP contribution >= 0.6 is 0 Å². The molecule has 17 atom stereocenters. The molecule has 17 unspecified atom stereocenters. The molecule has 0 bridgehead atoms. The average molecular weight is 655 g/mol. The Bertz CT molecular complexity index is 1130. The lowest BCUT2D eigenvalue weighted by molar-refractivity contribution is -0.339. The van der Waals surface area contributed by atoms with E-state index in [0.29, 0.717) is 44.1 Å². The van der Waals surface area contributed by atoms with Crippen LogP contribution in [0.5, 0.6) is 0 Å². The van der Waals surface area contributed by atoms with Gasteiger partial charge >= 0.3 is 0 Å². The van der Waals surface area contributed by atoms with Crippen LogP contribution in [0.2, 0.25) is 0 Å². The topological polar surface area (TPSA) is 180 Å². The maximum atomic E-state index is 12.1. The summed E-state index contributed by atoms with van der Waals surface area (Å²) in [7, 11) is 0. The van der Waals surface area contributed by atoms with Gasteiger partial charge in [-0.3, -0.25) is 0 Å². The van der Waals surface area contributed by atoms with E-state index in [0.717, 1.165) is 12.8 Å². The molecule has 1 heterocycles. The molecule has 0 amide bonds. The summed E-state index contributed by atoms with van der Waals surface area (Å²) in [5.41, 5.74) is -2.14. The molecular formula is C36H62O10. The van der Waals surface area contributed by atoms with Crippen molar-refractivity contribution in [3.05, 3.63) is 12.2 Å². The molecule has 4 aliphatic carbocycles. The second-order valence-corrected chi connectivity index (χ2v) is 17.6. The SMILES string of the molecule is C=C(C)C(O)CCC(C)(O)C1CCC2(C)C1C(OC1OC(CO)C(O)C(O)C1O)CC1C3(C)CCC(O)C(C)(C)C3C(O)CC12C. The lowest BCUT2D eigenvalue weighted by atomic mass is 9.34. The van der Waals surface area contributed by atoms with Crippen LogP contribution in [-0.4, -0.2) is 108 Å². The maximum Gasteiger partial charge on any atom is 0.186 e. The van der Waals surface area contributed by atoms with Crippen LogP contribution in [0.25, 0.3) is 0 Å². The zero-order valence-electron chi connectivity index (χ0n) is 29.0. The van der Waals surface area contributed by atoms with Crippen LogP contribution in [0.1, 0.15) is 99.8 Å². The Kier molecular flexibility index (Phi) is 9.78. The van der Waals surface area contributed by atoms with E-state index in [1.807, 2.05) is 6.92 Å². The summed E-state index contributed by atoms with van der Waals surface area (Å²) in [5.74, 6) is -0.563. The Hall–Kier alpha value is -0.660. The predicted molar refractivity (Wildman–Crippen MR) is 171 cm³/mol. The second kappa shape index (κ2) is 12.3. The van der Waals surface area contributed by atoms with Gasteiger partial charge < -0.3 is 50.3 Å². The van der Waals surface area contributed by atoms with Crippen LogP contribution < -0.4 is 0 Å². The minimum atomic E-state index is -1.57. The van der Waals surface area contributed by atoms with Gasteiger partial charge in [-0.25, -0.2) is 0 Å². The van der Waals surface area contributed by atoms with E-state index in [9.17, 15) is 40.9 Å². The Morgan fingerprint density at radius 1 is 0.978 bits per heavy atom. The van der Waals surface area contributed by atoms with Crippen molar-refractivity contribution < 1.29 is 50.3 Å². The van der Waals surface area contributed by atoms with Crippen molar-refractivity contribution in [2.75, 3.05) is 6.61 Å². The van der Waals surface area contributed by atoms with E-state index in [1.165, 1.54) is 0 Å². The van der Waals surface area contributed by atoms with Gasteiger partial charge in [0.15, 0.2) is 6.29 Å². The van der Waals surface area contributed by atoms with Crippen LogP contribution in [0.3, 0.4) is 0 Å². The summed E-state index contributed by atoms with van der Waals surface area (Å²) < 4.78 is 12.6. The molecular weight excluding hydrogens is 592 g/mol. The molecule has 0 spiro atoms. The van der Waals surface area contributed by atoms with Gasteiger partial charge in [-0.05, 0) is 111 Å². The van der Waals surface area contributed by atoms with Crippen molar-refractivity contribution in [3.8, 4) is 0 Å². The van der Waals surface area contributed by atoms with Crippen LogP contribution in [0, 0.1) is 45.3 Å². The van der Waals surface area contributed by atoms with Crippen molar-refractivity contribution in [1.29, 1.82) is 0 Å². The van der Waals surface area contributed by atoms with E-state index in [1.54, 1.807) is 6.92 Å². The third kappa shape index (κ3) is 5.46. The number of hydrogen-bond acceptors (Lipinski definition) is 10. The largest absolute Gasteiger partial charge is 0.394 e. The van der Waals surface area contributed by atoms with E-state index >= 15 is 0 Å². The van der Waals surface area contributed by atoms with Crippen molar-refractivity contribution in [1.82, 2.24) is 0 Å². The first kappa shape index (κ1) is 36.6. The Morgan fingerprint density at radius 3 is 2.24 bits per heavy atom. The maximum absolute atomic E-state index is 12.1. The highest BCUT2D eigenvalue weighted by molar-refractivity contribution is 5.22. The molecule has 8 N–H and O–H groups in total. The number of hydrogen-bond donors (Lipinski definition) is 8. The van der Waals surface area contributed by atoms with Crippen LogP contribution in [-0.2, 0) is 9.47 Å². The van der Waals surface area contributed by atoms with Gasteiger partial charge in [0.2, 0.25) is 0 Å². The smallest absolute Gasteiger partial charge is 0.186 e. The highest BCUT2D eigenvalue weighted by atomic mass is 16.7. The summed E-state index contributed by atoms with van der Waals surface area (Å²) in [4.78, 5) is 0. The molecule has 266 valence electrons. The van der Waals surface area contributed by atoms with Crippen LogP contribution in [0.4, 0.5) is 0 Å². The quantitative estimate of drug-likeness (QED) is 0.143. The summed E-state index contributed by atoms with van der Waals surface area (Å²) in [6.07, 6.45) is -4.81. The van der Waals surface area contributed by atoms with E-state index < -0.39 is 78.2 Å². The molecule has 5 aliphatic rings. The normalized spacial score (nSPS) is 52.2. The Morgan fingerprint density at radius 2 is 1.63 bits per heavy atom. The Labute approximate surface area is 274 Å². The third-order valence-electron chi connectivity index (χ3n) is 14.7. The summed E-state index contributed by atoms with van der Waals surface area (Å²) in [6, 6.07) is 0. The number of ether oxygens (including phenoxy) is 2. The monoisotopic (exact) mass is 654 g/mol. The minimum Gasteiger partial charge on any atom is -0.394 e. The van der Waals surface area contributed by atoms with Gasteiger partial charge in [0.1, 0.15) is 24.4 Å². The zero-order chi connectivity index (χ0) is 34.4. The molecule has 1 saturated heterocycles. The molecule has 10 nitrogen and oxygen atoms in total. The second-order valence-electron chi connectivity index (χ2n) is 17.6. The molecule has 0 radical (unpaired) electrons. The molecule has 10 heteroatoms. The van der Waals surface area contributed by atoms with E-state index in [-0.39, 0.29) is 34.5 Å². The van der Waals surface area contributed by atoms with Gasteiger partial charge in [0, 0.05) is 0 Å². The van der Waals surface area contributed by atoms with Gasteiger partial charge in [-0.15, -0.1) is 0 Å². The fourth-order valence-electron chi connectivity index (χ4n) is 12.0. The number of rotatable bonds is 8. The molecule has 5 fully saturated rings. The highest BCUT2D eigenvalue weighted by Crippen LogP contribution is 2.76. The third-order valence-corrected chi connectivity index (χ3v) is 14.7. The minimum absolute atomic E-state index is 0.0604. The first-order chi connectivity index (χ1) is 21.2. The first-order valence-electron chi connectivity index (χ1n) is 17.6. The molecule has 4 saturated carbocycles. The van der Waals surface area contributed by atoms with Gasteiger partial charge in [-0.2, -0.15) is 0 Å². The lowest BCUT2D eigenvalue weighted by Gasteiger charge is -2.71. The first-order valence-corrected chi connectivity index (χ1v) is 17.6. The highest BCUT2D eigenvalue weighted by Gasteiger charge is 2.73. The molecule has 46 heavy (non-hydrogen) atoms. The number of aliphatic hydroxyl groups is 8. The van der Waals surface area contributed by atoms with Crippen molar-refractivity contribution in [3.63, 3.8) is 0 Å². The van der Waals surface area contributed by atoms with Gasteiger partial charge in [-0.1, -0.05) is 46.8 Å². The Balaban J connectivity index is 1.57. The standard InChI is InChI=1S/C36H62O10/c1-18(2)20(38)10-14-36(8,44)19-9-13-34(6)26(19)22(45-31-29(43)28(42)27(41)23(17-37)46-31)15-24-33(5)12-11-25(40)32(3,4)30(33)21(39)16-35(24,34)7/h19-31,37-44H,1,9-17H2,2-8H3. The number of aliphatic hydroxyl groups excluding tert-OH is 7. The van der Waals surface area contributed by atoms with Gasteiger partial charge in [0.25, 0.3) is 0 Å². The molecule has 0 aromatic heterocycles. The predicted octanol–water partition coefficient (Wildman–Crippen LogP) is 2.27. The van der Waals surface area contributed by atoms with Crippen LogP contribution in [0.15, 0.2) is 12.2 Å². The summed E-state index contributed by atoms with van der Waals surface area (Å²) in [6.45, 7) is 17.8. The summed E-state index contributed by atoms with van der Waals surface area (Å²) >= 11 is 0.